The highest BCUT2D eigenvalue weighted by atomic mass is 16.8. The molecule has 0 aliphatic carbocycles. The lowest BCUT2D eigenvalue weighted by atomic mass is 9.97. The molecular formula is C37H46O24. The zero-order valence-electron chi connectivity index (χ0n) is 31.8. The van der Waals surface area contributed by atoms with Crippen molar-refractivity contribution >= 4 is 11.0 Å². The van der Waals surface area contributed by atoms with Crippen LogP contribution in [0.15, 0.2) is 39.5 Å². The van der Waals surface area contributed by atoms with Gasteiger partial charge in [0.2, 0.25) is 17.5 Å². The van der Waals surface area contributed by atoms with Crippen molar-refractivity contribution in [2.75, 3.05) is 26.4 Å². The Morgan fingerprint density at radius 2 is 1.46 bits per heavy atom. The van der Waals surface area contributed by atoms with E-state index < -0.39 is 176 Å². The summed E-state index contributed by atoms with van der Waals surface area (Å²) in [4.78, 5) is 14.2. The molecule has 0 radical (unpaired) electrons. The molecule has 24 nitrogen and oxygen atoms in total. The quantitative estimate of drug-likeness (QED) is 0.0804. The smallest absolute Gasteiger partial charge is 0.239 e. The number of phenolic OH excluding ortho intramolecular Hbond substituents is 4. The van der Waals surface area contributed by atoms with Crippen molar-refractivity contribution in [3.8, 4) is 40.1 Å². The second-order valence-electron chi connectivity index (χ2n) is 15.1. The number of aromatic hydroxyl groups is 4. The van der Waals surface area contributed by atoms with E-state index in [0.717, 1.165) is 24.3 Å². The van der Waals surface area contributed by atoms with Gasteiger partial charge in [0.25, 0.3) is 0 Å². The topological polar surface area (TPSA) is 387 Å². The third kappa shape index (κ3) is 8.56. The van der Waals surface area contributed by atoms with Crippen molar-refractivity contribution in [1.29, 1.82) is 0 Å². The van der Waals surface area contributed by atoms with E-state index in [2.05, 4.69) is 0 Å². The van der Waals surface area contributed by atoms with E-state index >= 15 is 0 Å². The number of phenols is 4. The first-order valence-corrected chi connectivity index (χ1v) is 18.8. The van der Waals surface area contributed by atoms with Crippen molar-refractivity contribution < 1.29 is 114 Å². The Morgan fingerprint density at radius 3 is 2.15 bits per heavy atom. The van der Waals surface area contributed by atoms with Gasteiger partial charge in [0.1, 0.15) is 89.1 Å². The fraction of sp³-hybridized carbons (Fsp3) is 0.595. The van der Waals surface area contributed by atoms with Gasteiger partial charge in [-0.1, -0.05) is 0 Å². The Kier molecular flexibility index (Phi) is 13.0. The average molecular weight is 875 g/mol. The van der Waals surface area contributed by atoms with Crippen molar-refractivity contribution in [3.05, 3.63) is 40.6 Å². The van der Waals surface area contributed by atoms with Crippen LogP contribution in [0.25, 0.3) is 22.3 Å². The Balaban J connectivity index is 1.20. The molecule has 4 aliphatic rings. The monoisotopic (exact) mass is 874 g/mol. The van der Waals surface area contributed by atoms with Gasteiger partial charge in [-0.2, -0.15) is 0 Å². The molecule has 61 heavy (non-hydrogen) atoms. The normalized spacial score (nSPS) is 39.4. The Bertz CT molecular complexity index is 2080. The largest absolute Gasteiger partial charge is 0.508 e. The summed E-state index contributed by atoms with van der Waals surface area (Å²) in [6.45, 7) is -1.52. The molecule has 5 heterocycles. The first kappa shape index (κ1) is 45.0. The van der Waals surface area contributed by atoms with Crippen LogP contribution >= 0.6 is 0 Å². The van der Waals surface area contributed by atoms with Gasteiger partial charge in [-0.25, -0.2) is 0 Å². The predicted octanol–water partition coefficient (Wildman–Crippen LogP) is -4.76. The number of hydrogen-bond donors (Lipinski definition) is 14. The zero-order chi connectivity index (χ0) is 44.2. The van der Waals surface area contributed by atoms with Gasteiger partial charge < -0.3 is 114 Å². The van der Waals surface area contributed by atoms with Crippen LogP contribution in [0.4, 0.5) is 0 Å². The van der Waals surface area contributed by atoms with E-state index in [1.807, 2.05) is 0 Å². The number of fused-ring (bicyclic) bond motifs is 1. The highest BCUT2D eigenvalue weighted by molar-refractivity contribution is 5.88. The first-order chi connectivity index (χ1) is 28.8. The summed E-state index contributed by atoms with van der Waals surface area (Å²) in [6.07, 6.45) is -28.1. The van der Waals surface area contributed by atoms with E-state index in [4.69, 9.17) is 42.3 Å². The molecule has 3 aromatic rings. The second-order valence-corrected chi connectivity index (χ2v) is 15.1. The number of benzene rings is 2. The maximum absolute atomic E-state index is 14.2. The SMILES string of the molecule is C[C@H]1O[C@H](OC[C@H]2O[C@@H](Oc3c(-c4ccc(O)c(O)c4)oc4cc(O)cc(O)c4c3=O)[C@H](O[C@@H]3OC[C@](O)(CO)[C@H]3O)[C@@H](O)[C@H]2O)[C@@H](O)[C@@H](O[C@@H]2OC[C@@H](O)[C@H](O)[C@H]2O)[C@@H]1O. The molecule has 0 unspecified atom stereocenters. The van der Waals surface area contributed by atoms with Crippen LogP contribution in [-0.4, -0.2) is 202 Å². The van der Waals surface area contributed by atoms with E-state index in [-0.39, 0.29) is 11.1 Å². The molecule has 0 amide bonds. The fourth-order valence-corrected chi connectivity index (χ4v) is 7.23. The lowest BCUT2D eigenvalue weighted by molar-refractivity contribution is -0.355. The summed E-state index contributed by atoms with van der Waals surface area (Å²) in [6, 6.07) is 4.99. The molecule has 0 bridgehead atoms. The highest BCUT2D eigenvalue weighted by Gasteiger charge is 2.55. The molecule has 24 heteroatoms. The van der Waals surface area contributed by atoms with Crippen LogP contribution in [-0.2, 0) is 33.2 Å². The average Bonchev–Trinajstić information content (AvgIpc) is 3.50. The number of aliphatic hydroxyl groups is 10. The summed E-state index contributed by atoms with van der Waals surface area (Å²) >= 11 is 0. The number of ether oxygens (including phenoxy) is 8. The van der Waals surface area contributed by atoms with Crippen molar-refractivity contribution in [2.45, 2.75) is 111 Å². The van der Waals surface area contributed by atoms with Crippen LogP contribution in [0.1, 0.15) is 6.92 Å². The zero-order valence-corrected chi connectivity index (χ0v) is 31.8. The standard InChI is InChI=1S/C37H46O24/c1-11-21(44)29(59-33-26(49)22(45)17(43)7-53-33)27(50)34(56-11)54-8-19-23(46)25(48)31(61-36-32(51)37(52,9-38)10-55-36)35(58-19)60-30-24(47)20-16(42)5-13(39)6-18(20)57-28(30)12-2-3-14(40)15(41)4-12/h2-6,11,17,19,21-23,25-27,29,31-36,38-46,48-52H,7-10H2,1H3/t11-,17-,19-,21-,22+,23+,25+,26-,27+,29+,31-,32+,33+,34+,35+,36+,37-/m1/s1. The van der Waals surface area contributed by atoms with E-state index in [9.17, 15) is 76.3 Å². The van der Waals surface area contributed by atoms with E-state index in [1.165, 1.54) is 13.0 Å². The number of aliphatic hydroxyl groups excluding tert-OH is 9. The van der Waals surface area contributed by atoms with E-state index in [1.54, 1.807) is 0 Å². The van der Waals surface area contributed by atoms with Crippen LogP contribution in [0.5, 0.6) is 28.7 Å². The highest BCUT2D eigenvalue weighted by Crippen LogP contribution is 2.40. The molecule has 14 N–H and O–H groups in total. The first-order valence-electron chi connectivity index (χ1n) is 18.8. The fourth-order valence-electron chi connectivity index (χ4n) is 7.23. The minimum Gasteiger partial charge on any atom is -0.508 e. The minimum atomic E-state index is -2.23. The molecule has 0 saturated carbocycles. The van der Waals surface area contributed by atoms with Gasteiger partial charge >= 0.3 is 0 Å². The molecular weight excluding hydrogens is 828 g/mol. The molecule has 1 aromatic heterocycles. The van der Waals surface area contributed by atoms with Gasteiger partial charge in [0, 0.05) is 17.7 Å². The predicted molar refractivity (Wildman–Crippen MR) is 193 cm³/mol. The van der Waals surface area contributed by atoms with Gasteiger partial charge in [0.05, 0.1) is 32.5 Å². The van der Waals surface area contributed by atoms with Gasteiger partial charge in [-0.3, -0.25) is 4.79 Å². The summed E-state index contributed by atoms with van der Waals surface area (Å²) in [5.41, 5.74) is -3.87. The molecule has 4 aliphatic heterocycles. The molecule has 7 rings (SSSR count). The maximum atomic E-state index is 14.2. The third-order valence-corrected chi connectivity index (χ3v) is 10.9. The van der Waals surface area contributed by atoms with Crippen LogP contribution < -0.4 is 10.2 Å². The van der Waals surface area contributed by atoms with Crippen LogP contribution in [0.3, 0.4) is 0 Å². The number of rotatable bonds is 11. The molecule has 0 spiro atoms. The lowest BCUT2D eigenvalue weighted by Gasteiger charge is -2.45. The van der Waals surface area contributed by atoms with Gasteiger partial charge in [0.15, 0.2) is 42.2 Å². The lowest BCUT2D eigenvalue weighted by Crippen LogP contribution is -2.64. The second kappa shape index (κ2) is 17.6. The maximum Gasteiger partial charge on any atom is 0.239 e. The van der Waals surface area contributed by atoms with Crippen LogP contribution in [0, 0.1) is 0 Å². The number of hydrogen-bond acceptors (Lipinski definition) is 24. The van der Waals surface area contributed by atoms with Crippen molar-refractivity contribution in [2.24, 2.45) is 0 Å². The Morgan fingerprint density at radius 1 is 0.738 bits per heavy atom. The summed E-state index contributed by atoms with van der Waals surface area (Å²) in [5.74, 6) is -3.86. The molecule has 4 saturated heterocycles. The van der Waals surface area contributed by atoms with Crippen LogP contribution in [0.2, 0.25) is 0 Å². The summed E-state index contributed by atoms with van der Waals surface area (Å²) in [5, 5.41) is 147. The minimum absolute atomic E-state index is 0.128. The van der Waals surface area contributed by atoms with E-state index in [0.29, 0.717) is 0 Å². The molecule has 2 aromatic carbocycles. The van der Waals surface area contributed by atoms with Crippen molar-refractivity contribution in [1.82, 2.24) is 0 Å². The Hall–Kier alpha value is -4.03. The van der Waals surface area contributed by atoms with Gasteiger partial charge in [-0.05, 0) is 25.1 Å². The molecule has 4 fully saturated rings. The van der Waals surface area contributed by atoms with Crippen molar-refractivity contribution in [3.63, 3.8) is 0 Å². The summed E-state index contributed by atoms with van der Waals surface area (Å²) < 4.78 is 51.2. The third-order valence-electron chi connectivity index (χ3n) is 10.9. The molecule has 338 valence electrons. The Labute approximate surface area is 342 Å². The summed E-state index contributed by atoms with van der Waals surface area (Å²) in [7, 11) is 0. The molecule has 17 atom stereocenters. The van der Waals surface area contributed by atoms with Gasteiger partial charge in [-0.15, -0.1) is 0 Å².